The van der Waals surface area contributed by atoms with Crippen molar-refractivity contribution in [3.05, 3.63) is 65.6 Å². The summed E-state index contributed by atoms with van der Waals surface area (Å²) in [5.41, 5.74) is 4.29. The maximum Gasteiger partial charge on any atom is 0.269 e. The minimum Gasteiger partial charge on any atom is -0.496 e. The van der Waals surface area contributed by atoms with Gasteiger partial charge in [-0.15, -0.1) is 0 Å². The Labute approximate surface area is 165 Å². The number of hydrogen-bond donors (Lipinski definition) is 0. The highest BCUT2D eigenvalue weighted by atomic mass is 32.2. The lowest BCUT2D eigenvalue weighted by Crippen LogP contribution is -2.19. The predicted molar refractivity (Wildman–Crippen MR) is 109 cm³/mol. The number of para-hydroxylation sites is 2. The third-order valence-corrected chi connectivity index (χ3v) is 6.81. The van der Waals surface area contributed by atoms with Crippen LogP contribution in [0.3, 0.4) is 0 Å². The Hall–Kier alpha value is -2.80. The maximum absolute atomic E-state index is 13.5. The number of methoxy groups -OCH3 is 1. The number of nitrogens with zero attached hydrogens (tertiary/aromatic N) is 3. The molecule has 0 amide bonds. The van der Waals surface area contributed by atoms with Crippen molar-refractivity contribution in [1.29, 1.82) is 0 Å². The molecule has 6 nitrogen and oxygen atoms in total. The highest BCUT2D eigenvalue weighted by molar-refractivity contribution is 7.90. The van der Waals surface area contributed by atoms with E-state index in [1.165, 1.54) is 15.9 Å². The van der Waals surface area contributed by atoms with Crippen molar-refractivity contribution in [2.24, 2.45) is 0 Å². The van der Waals surface area contributed by atoms with Crippen molar-refractivity contribution < 1.29 is 13.2 Å². The van der Waals surface area contributed by atoms with Crippen LogP contribution in [0.2, 0.25) is 0 Å². The summed E-state index contributed by atoms with van der Waals surface area (Å²) in [7, 11) is 1.84. The highest BCUT2D eigenvalue weighted by Crippen LogP contribution is 2.37. The molecule has 0 saturated carbocycles. The van der Waals surface area contributed by atoms with E-state index in [-0.39, 0.29) is 0 Å². The van der Waals surface area contributed by atoms with Gasteiger partial charge in [-0.3, -0.25) is 0 Å². The number of ether oxygens (including phenoxy) is 1. The van der Waals surface area contributed by atoms with Gasteiger partial charge in [-0.1, -0.05) is 12.1 Å². The summed E-state index contributed by atoms with van der Waals surface area (Å²) in [6.45, 7) is 0. The summed E-state index contributed by atoms with van der Waals surface area (Å²) in [5, 5.41) is 0. The van der Waals surface area contributed by atoms with E-state index in [1.54, 1.807) is 25.3 Å². The van der Waals surface area contributed by atoms with Crippen LogP contribution in [-0.4, -0.2) is 43.5 Å². The number of rotatable bonds is 4. The molecule has 0 aliphatic heterocycles. The van der Waals surface area contributed by atoms with Crippen LogP contribution in [-0.2, 0) is 22.9 Å². The molecule has 0 N–H and O–H groups in total. The van der Waals surface area contributed by atoms with Crippen LogP contribution >= 0.6 is 0 Å². The average molecular weight is 398 g/mol. The van der Waals surface area contributed by atoms with Crippen molar-refractivity contribution in [2.75, 3.05) is 21.2 Å². The Morgan fingerprint density at radius 1 is 1.11 bits per heavy atom. The first kappa shape index (κ1) is 18.6. The molecule has 0 atom stereocenters. The van der Waals surface area contributed by atoms with E-state index < -0.39 is 10.0 Å². The van der Waals surface area contributed by atoms with Gasteiger partial charge in [0.1, 0.15) is 12.1 Å². The minimum absolute atomic E-state index is 0.329. The lowest BCUT2D eigenvalue weighted by molar-refractivity contribution is 0.407. The van der Waals surface area contributed by atoms with Gasteiger partial charge in [0.05, 0.1) is 23.0 Å². The van der Waals surface area contributed by atoms with Gasteiger partial charge in [-0.2, -0.15) is 0 Å². The zero-order valence-electron chi connectivity index (χ0n) is 16.2. The number of benzene rings is 2. The van der Waals surface area contributed by atoms with Crippen LogP contribution in [0.1, 0.15) is 17.5 Å². The van der Waals surface area contributed by atoms with Gasteiger partial charge in [-0.05, 0) is 60.9 Å². The van der Waals surface area contributed by atoms with Crippen LogP contribution < -0.4 is 4.74 Å². The molecule has 0 saturated heterocycles. The lowest BCUT2D eigenvalue weighted by Gasteiger charge is -2.25. The third-order valence-electron chi connectivity index (χ3n) is 5.06. The lowest BCUT2D eigenvalue weighted by atomic mass is 9.87. The van der Waals surface area contributed by atoms with Crippen LogP contribution in [0.25, 0.3) is 11.0 Å². The molecule has 1 heterocycles. The number of aromatic nitrogens is 2. The van der Waals surface area contributed by atoms with Crippen LogP contribution in [0, 0.1) is 0 Å². The third kappa shape index (κ3) is 3.05. The molecular formula is C21H23N3O3S. The largest absolute Gasteiger partial charge is 0.496 e. The first-order valence-corrected chi connectivity index (χ1v) is 10.6. The van der Waals surface area contributed by atoms with E-state index in [4.69, 9.17) is 4.74 Å². The zero-order valence-corrected chi connectivity index (χ0v) is 17.0. The Bertz CT molecular complexity index is 1180. The smallest absolute Gasteiger partial charge is 0.269 e. The molecule has 1 aliphatic carbocycles. The Kier molecular flexibility index (Phi) is 4.63. The summed E-state index contributed by atoms with van der Waals surface area (Å²) >= 11 is 0. The minimum atomic E-state index is -3.76. The average Bonchev–Trinajstić information content (AvgIpc) is 3.11. The van der Waals surface area contributed by atoms with Crippen LogP contribution in [0.5, 0.6) is 5.75 Å². The maximum atomic E-state index is 13.5. The van der Waals surface area contributed by atoms with E-state index in [9.17, 15) is 8.42 Å². The van der Waals surface area contributed by atoms with Gasteiger partial charge in [0.15, 0.2) is 0 Å². The standard InChI is InChI=1S/C21H23N3O3S/c1-23(2)13-15-8-9-16-17(12-15)20(27-3)10-11-21(16)28(25,26)24-14-22-18-6-4-5-7-19(18)24/h4-7,10-11,13-14H,8-9,12H2,1-3H3/b15-13-. The fraction of sp³-hybridized carbons (Fsp3) is 0.286. The summed E-state index contributed by atoms with van der Waals surface area (Å²) in [6.07, 6.45) is 5.66. The molecule has 0 bridgehead atoms. The van der Waals surface area contributed by atoms with Crippen molar-refractivity contribution in [1.82, 2.24) is 13.9 Å². The molecule has 0 spiro atoms. The molecule has 0 fully saturated rings. The van der Waals surface area contributed by atoms with E-state index in [1.807, 2.05) is 37.2 Å². The molecule has 7 heteroatoms. The molecule has 1 aromatic heterocycles. The molecule has 0 unspecified atom stereocenters. The molecule has 1 aliphatic rings. The van der Waals surface area contributed by atoms with Crippen molar-refractivity contribution in [3.8, 4) is 5.75 Å². The normalized spacial score (nSPS) is 15.6. The fourth-order valence-electron chi connectivity index (χ4n) is 3.86. The summed E-state index contributed by atoms with van der Waals surface area (Å²) < 4.78 is 33.8. The molecule has 4 rings (SSSR count). The van der Waals surface area contributed by atoms with Gasteiger partial charge in [-0.25, -0.2) is 17.4 Å². The monoisotopic (exact) mass is 397 g/mol. The highest BCUT2D eigenvalue weighted by Gasteiger charge is 2.28. The van der Waals surface area contributed by atoms with Gasteiger partial charge in [0.2, 0.25) is 0 Å². The second-order valence-corrected chi connectivity index (χ2v) is 8.97. The van der Waals surface area contributed by atoms with Crippen LogP contribution in [0.4, 0.5) is 0 Å². The quantitative estimate of drug-likeness (QED) is 0.676. The summed E-state index contributed by atoms with van der Waals surface area (Å²) in [6, 6.07) is 10.7. The van der Waals surface area contributed by atoms with Crippen molar-refractivity contribution in [3.63, 3.8) is 0 Å². The van der Waals surface area contributed by atoms with Crippen molar-refractivity contribution in [2.45, 2.75) is 24.2 Å². The Morgan fingerprint density at radius 3 is 2.64 bits per heavy atom. The molecule has 0 radical (unpaired) electrons. The second kappa shape index (κ2) is 6.98. The van der Waals surface area contributed by atoms with E-state index in [2.05, 4.69) is 11.2 Å². The predicted octanol–water partition coefficient (Wildman–Crippen LogP) is 3.22. The molecule has 146 valence electrons. The van der Waals surface area contributed by atoms with Gasteiger partial charge in [0.25, 0.3) is 10.0 Å². The SMILES string of the molecule is COc1ccc(S(=O)(=O)n2cnc3ccccc32)c2c1C/C(=C\N(C)C)CC2. The topological polar surface area (TPSA) is 64.4 Å². The summed E-state index contributed by atoms with van der Waals surface area (Å²) in [4.78, 5) is 6.59. The van der Waals surface area contributed by atoms with E-state index in [0.29, 0.717) is 28.8 Å². The fourth-order valence-corrected chi connectivity index (χ4v) is 5.43. The van der Waals surface area contributed by atoms with Crippen molar-refractivity contribution >= 4 is 21.1 Å². The zero-order chi connectivity index (χ0) is 19.9. The number of allylic oxidation sites excluding steroid dienone is 1. The molecular weight excluding hydrogens is 374 g/mol. The van der Waals surface area contributed by atoms with E-state index >= 15 is 0 Å². The number of hydrogen-bond acceptors (Lipinski definition) is 5. The van der Waals surface area contributed by atoms with Crippen LogP contribution in [0.15, 0.2) is 59.4 Å². The Morgan fingerprint density at radius 2 is 1.89 bits per heavy atom. The van der Waals surface area contributed by atoms with Gasteiger partial charge >= 0.3 is 0 Å². The Balaban J connectivity index is 1.88. The first-order valence-electron chi connectivity index (χ1n) is 9.14. The second-order valence-electron chi connectivity index (χ2n) is 7.18. The molecule has 3 aromatic rings. The van der Waals surface area contributed by atoms with Gasteiger partial charge < -0.3 is 9.64 Å². The molecule has 28 heavy (non-hydrogen) atoms. The van der Waals surface area contributed by atoms with E-state index in [0.717, 1.165) is 23.3 Å². The number of imidazole rings is 1. The first-order chi connectivity index (χ1) is 13.4. The summed E-state index contributed by atoms with van der Waals surface area (Å²) in [5.74, 6) is 0.730. The molecule has 2 aromatic carbocycles. The number of fused-ring (bicyclic) bond motifs is 2. The van der Waals surface area contributed by atoms with Gasteiger partial charge in [0, 0.05) is 19.7 Å².